The minimum Gasteiger partial charge on any atom is -0.457 e. The number of fused-ring (bicyclic) bond motifs is 1. The van der Waals surface area contributed by atoms with Gasteiger partial charge in [-0.2, -0.15) is 0 Å². The lowest BCUT2D eigenvalue weighted by molar-refractivity contribution is 0.0308. The number of aliphatic imine (C=N–C) groups is 1. The topological polar surface area (TPSA) is 60.1 Å². The van der Waals surface area contributed by atoms with Gasteiger partial charge in [-0.25, -0.2) is 4.98 Å². The normalized spacial score (nSPS) is 17.2. The number of hydrogen-bond donors (Lipinski definition) is 0. The van der Waals surface area contributed by atoms with Crippen molar-refractivity contribution < 1.29 is 13.9 Å². The highest BCUT2D eigenvalue weighted by Crippen LogP contribution is 2.28. The van der Waals surface area contributed by atoms with Crippen molar-refractivity contribution in [3.63, 3.8) is 0 Å². The lowest BCUT2D eigenvalue weighted by Gasteiger charge is -2.24. The van der Waals surface area contributed by atoms with E-state index in [0.29, 0.717) is 6.54 Å². The molecule has 1 aromatic heterocycles. The summed E-state index contributed by atoms with van der Waals surface area (Å²) in [6, 6.07) is 13.8. The predicted molar refractivity (Wildman–Crippen MR) is 108 cm³/mol. The highest BCUT2D eigenvalue weighted by atomic mass is 16.5. The minimum absolute atomic E-state index is 0.704. The first-order chi connectivity index (χ1) is 13.8. The SMILES string of the molecule is C1=NCC(c2ccc(Oc3ccc4nc(CN5CCOCC5)oc4c3)cc2)=C1. The Morgan fingerprint density at radius 2 is 1.82 bits per heavy atom. The fourth-order valence-corrected chi connectivity index (χ4v) is 3.44. The van der Waals surface area contributed by atoms with Gasteiger partial charge in [-0.1, -0.05) is 12.1 Å². The Morgan fingerprint density at radius 1 is 1.00 bits per heavy atom. The molecule has 6 nitrogen and oxygen atoms in total. The highest BCUT2D eigenvalue weighted by Gasteiger charge is 2.15. The van der Waals surface area contributed by atoms with Crippen LogP contribution < -0.4 is 4.74 Å². The lowest BCUT2D eigenvalue weighted by atomic mass is 10.1. The van der Waals surface area contributed by atoms with Crippen LogP contribution in [0.5, 0.6) is 11.5 Å². The Hall–Kier alpha value is -2.96. The van der Waals surface area contributed by atoms with E-state index in [9.17, 15) is 0 Å². The van der Waals surface area contributed by atoms with Crippen LogP contribution in [0.2, 0.25) is 0 Å². The van der Waals surface area contributed by atoms with Crippen LogP contribution in [0.25, 0.3) is 16.7 Å². The van der Waals surface area contributed by atoms with Gasteiger partial charge in [0, 0.05) is 25.4 Å². The summed E-state index contributed by atoms with van der Waals surface area (Å²) in [5.41, 5.74) is 3.98. The second-order valence-electron chi connectivity index (χ2n) is 6.93. The third-order valence-corrected chi connectivity index (χ3v) is 4.97. The number of ether oxygens (including phenoxy) is 2. The van der Waals surface area contributed by atoms with Crippen LogP contribution in [0.1, 0.15) is 11.5 Å². The number of allylic oxidation sites excluding steroid dienone is 1. The van der Waals surface area contributed by atoms with E-state index in [4.69, 9.17) is 13.9 Å². The highest BCUT2D eigenvalue weighted by molar-refractivity contribution is 5.89. The van der Waals surface area contributed by atoms with E-state index in [1.807, 2.05) is 42.6 Å². The molecule has 28 heavy (non-hydrogen) atoms. The summed E-state index contributed by atoms with van der Waals surface area (Å²) < 4.78 is 17.3. The van der Waals surface area contributed by atoms with Crippen molar-refractivity contribution in [2.45, 2.75) is 6.54 Å². The second kappa shape index (κ2) is 7.58. The molecule has 0 unspecified atom stereocenters. The summed E-state index contributed by atoms with van der Waals surface area (Å²) >= 11 is 0. The molecule has 1 saturated heterocycles. The Bertz CT molecular complexity index is 1030. The van der Waals surface area contributed by atoms with Crippen LogP contribution in [0, 0.1) is 0 Å². The van der Waals surface area contributed by atoms with Gasteiger partial charge in [0.1, 0.15) is 17.0 Å². The smallest absolute Gasteiger partial charge is 0.209 e. The fraction of sp³-hybridized carbons (Fsp3) is 0.273. The molecular weight excluding hydrogens is 354 g/mol. The number of nitrogens with zero attached hydrogens (tertiary/aromatic N) is 3. The summed E-state index contributed by atoms with van der Waals surface area (Å²) in [6.07, 6.45) is 3.89. The predicted octanol–water partition coefficient (Wildman–Crippen LogP) is 3.92. The first kappa shape index (κ1) is 17.2. The molecule has 0 saturated carbocycles. The van der Waals surface area contributed by atoms with Gasteiger partial charge in [-0.05, 0) is 41.5 Å². The monoisotopic (exact) mass is 375 g/mol. The Kier molecular flexibility index (Phi) is 4.64. The van der Waals surface area contributed by atoms with Crippen LogP contribution in [-0.2, 0) is 11.3 Å². The van der Waals surface area contributed by atoms with E-state index in [1.54, 1.807) is 0 Å². The summed E-state index contributed by atoms with van der Waals surface area (Å²) in [7, 11) is 0. The van der Waals surface area contributed by atoms with Gasteiger partial charge in [0.25, 0.3) is 0 Å². The van der Waals surface area contributed by atoms with Gasteiger partial charge in [-0.3, -0.25) is 9.89 Å². The molecule has 0 N–H and O–H groups in total. The Labute approximate surface area is 163 Å². The molecule has 0 bridgehead atoms. The summed E-state index contributed by atoms with van der Waals surface area (Å²) in [5, 5.41) is 0. The molecule has 3 aromatic rings. The molecule has 0 atom stereocenters. The number of benzene rings is 2. The standard InChI is InChI=1S/C22H21N3O3/c1-3-18(4-2-16(1)17-7-8-23-14-17)27-19-5-6-20-21(13-19)28-22(24-20)15-25-9-11-26-12-10-25/h1-8,13H,9-12,14-15H2. The maximum atomic E-state index is 6.00. The van der Waals surface area contributed by atoms with Crippen molar-refractivity contribution in [2.24, 2.45) is 4.99 Å². The Morgan fingerprint density at radius 3 is 2.61 bits per heavy atom. The van der Waals surface area contributed by atoms with Crippen LogP contribution in [0.15, 0.2) is 58.0 Å². The summed E-state index contributed by atoms with van der Waals surface area (Å²) in [6.45, 7) is 4.80. The number of aromatic nitrogens is 1. The van der Waals surface area contributed by atoms with E-state index >= 15 is 0 Å². The molecule has 6 heteroatoms. The number of hydrogen-bond acceptors (Lipinski definition) is 6. The first-order valence-electron chi connectivity index (χ1n) is 9.50. The fourth-order valence-electron chi connectivity index (χ4n) is 3.44. The molecule has 142 valence electrons. The van der Waals surface area contributed by atoms with Crippen molar-refractivity contribution in [3.05, 3.63) is 60.0 Å². The average Bonchev–Trinajstić information content (AvgIpc) is 3.39. The molecule has 2 aliphatic rings. The van der Waals surface area contributed by atoms with E-state index in [0.717, 1.165) is 61.3 Å². The molecule has 3 heterocycles. The molecule has 1 fully saturated rings. The molecule has 0 radical (unpaired) electrons. The number of rotatable bonds is 5. The third kappa shape index (κ3) is 3.69. The van der Waals surface area contributed by atoms with Gasteiger partial charge in [-0.15, -0.1) is 0 Å². The first-order valence-corrected chi connectivity index (χ1v) is 9.50. The van der Waals surface area contributed by atoms with Crippen molar-refractivity contribution >= 4 is 22.9 Å². The van der Waals surface area contributed by atoms with Gasteiger partial charge in [0.15, 0.2) is 5.58 Å². The van der Waals surface area contributed by atoms with Crippen LogP contribution >= 0.6 is 0 Å². The average molecular weight is 375 g/mol. The molecule has 5 rings (SSSR count). The largest absolute Gasteiger partial charge is 0.457 e. The second-order valence-corrected chi connectivity index (χ2v) is 6.93. The maximum absolute atomic E-state index is 6.00. The van der Waals surface area contributed by atoms with Gasteiger partial charge in [0.05, 0.1) is 26.3 Å². The van der Waals surface area contributed by atoms with Gasteiger partial charge in [0.2, 0.25) is 5.89 Å². The summed E-state index contributed by atoms with van der Waals surface area (Å²) in [4.78, 5) is 11.1. The molecular formula is C22H21N3O3. The molecule has 0 amide bonds. The molecule has 2 aromatic carbocycles. The molecule has 0 spiro atoms. The zero-order valence-corrected chi connectivity index (χ0v) is 15.5. The van der Waals surface area contributed by atoms with Crippen LogP contribution in [-0.4, -0.2) is 48.9 Å². The third-order valence-electron chi connectivity index (χ3n) is 4.97. The van der Waals surface area contributed by atoms with E-state index in [-0.39, 0.29) is 0 Å². The van der Waals surface area contributed by atoms with Crippen LogP contribution in [0.3, 0.4) is 0 Å². The van der Waals surface area contributed by atoms with Crippen molar-refractivity contribution in [1.29, 1.82) is 0 Å². The summed E-state index contributed by atoms with van der Waals surface area (Å²) in [5.74, 6) is 2.25. The minimum atomic E-state index is 0.704. The van der Waals surface area contributed by atoms with E-state index in [2.05, 4.69) is 27.0 Å². The van der Waals surface area contributed by atoms with E-state index < -0.39 is 0 Å². The number of oxazole rings is 1. The van der Waals surface area contributed by atoms with Gasteiger partial charge < -0.3 is 13.9 Å². The van der Waals surface area contributed by atoms with Crippen molar-refractivity contribution in [2.75, 3.05) is 32.8 Å². The van der Waals surface area contributed by atoms with Gasteiger partial charge >= 0.3 is 0 Å². The number of morpholine rings is 1. The molecule has 2 aliphatic heterocycles. The molecule has 0 aliphatic carbocycles. The quantitative estimate of drug-likeness (QED) is 0.676. The van der Waals surface area contributed by atoms with Crippen molar-refractivity contribution in [3.8, 4) is 11.5 Å². The lowest BCUT2D eigenvalue weighted by Crippen LogP contribution is -2.35. The zero-order chi connectivity index (χ0) is 18.8. The maximum Gasteiger partial charge on any atom is 0.209 e. The Balaban J connectivity index is 1.29. The zero-order valence-electron chi connectivity index (χ0n) is 15.5. The van der Waals surface area contributed by atoms with Crippen molar-refractivity contribution in [1.82, 2.24) is 9.88 Å². The van der Waals surface area contributed by atoms with E-state index in [1.165, 1.54) is 11.1 Å². The van der Waals surface area contributed by atoms with Crippen LogP contribution in [0.4, 0.5) is 0 Å².